The van der Waals surface area contributed by atoms with Gasteiger partial charge in [0, 0.05) is 24.8 Å². The van der Waals surface area contributed by atoms with Crippen LogP contribution in [0, 0.1) is 25.6 Å². The molecule has 2 aromatic heterocycles. The van der Waals surface area contributed by atoms with Gasteiger partial charge in [0.15, 0.2) is 5.65 Å². The molecule has 0 bridgehead atoms. The molecule has 0 saturated carbocycles. The van der Waals surface area contributed by atoms with Crippen molar-refractivity contribution < 1.29 is 18.3 Å². The lowest BCUT2D eigenvalue weighted by Gasteiger charge is -2.29. The molecule has 0 radical (unpaired) electrons. The monoisotopic (exact) mass is 386 g/mol. The van der Waals surface area contributed by atoms with E-state index in [1.54, 1.807) is 20.0 Å². The number of primary amides is 1. The molecule has 2 N–H and O–H groups in total. The van der Waals surface area contributed by atoms with Crippen LogP contribution in [0.15, 0.2) is 24.4 Å². The van der Waals surface area contributed by atoms with Gasteiger partial charge in [-0.25, -0.2) is 9.37 Å². The number of aryl methyl sites for hydroxylation is 2. The number of fused-ring (bicyclic) bond motifs is 1. The molecule has 4 rings (SSSR count). The van der Waals surface area contributed by atoms with Crippen molar-refractivity contribution >= 4 is 17.2 Å². The third kappa shape index (κ3) is 2.99. The van der Waals surface area contributed by atoms with Crippen LogP contribution in [-0.4, -0.2) is 41.6 Å². The first-order valence-electron chi connectivity index (χ1n) is 8.98. The van der Waals surface area contributed by atoms with Gasteiger partial charge >= 0.3 is 0 Å². The molecule has 1 aliphatic heterocycles. The molecule has 8 heteroatoms. The van der Waals surface area contributed by atoms with Gasteiger partial charge in [-0.05, 0) is 43.2 Å². The van der Waals surface area contributed by atoms with E-state index in [-0.39, 0.29) is 5.56 Å². The highest BCUT2D eigenvalue weighted by Gasteiger charge is 2.21. The summed E-state index contributed by atoms with van der Waals surface area (Å²) in [5.74, 6) is -1.98. The number of ether oxygens (including phenoxy) is 1. The van der Waals surface area contributed by atoms with E-state index in [0.29, 0.717) is 54.3 Å². The number of imidazole rings is 1. The number of nitrogens with two attached hydrogens (primary N) is 1. The van der Waals surface area contributed by atoms with E-state index in [4.69, 9.17) is 10.5 Å². The van der Waals surface area contributed by atoms with E-state index >= 15 is 0 Å². The van der Waals surface area contributed by atoms with Crippen LogP contribution in [0.5, 0.6) is 0 Å². The third-order valence-corrected chi connectivity index (χ3v) is 5.04. The highest BCUT2D eigenvalue weighted by Crippen LogP contribution is 2.33. The van der Waals surface area contributed by atoms with Crippen LogP contribution in [0.1, 0.15) is 21.6 Å². The molecule has 1 fully saturated rings. The Morgan fingerprint density at radius 2 is 1.89 bits per heavy atom. The van der Waals surface area contributed by atoms with Crippen molar-refractivity contribution in [1.29, 1.82) is 0 Å². The number of amides is 1. The first kappa shape index (κ1) is 18.4. The summed E-state index contributed by atoms with van der Waals surface area (Å²) in [5.41, 5.74) is 8.53. The van der Waals surface area contributed by atoms with Gasteiger partial charge in [0.25, 0.3) is 5.91 Å². The maximum Gasteiger partial charge on any atom is 0.251 e. The van der Waals surface area contributed by atoms with Crippen molar-refractivity contribution in [3.8, 4) is 11.1 Å². The number of hydrogen-bond acceptors (Lipinski definition) is 4. The molecule has 3 heterocycles. The number of aromatic nitrogens is 2. The fourth-order valence-corrected chi connectivity index (χ4v) is 3.57. The van der Waals surface area contributed by atoms with E-state index in [9.17, 15) is 13.6 Å². The number of benzene rings is 1. The van der Waals surface area contributed by atoms with Gasteiger partial charge in [-0.1, -0.05) is 0 Å². The molecule has 1 amide bonds. The van der Waals surface area contributed by atoms with Crippen LogP contribution in [0.3, 0.4) is 0 Å². The highest BCUT2D eigenvalue weighted by molar-refractivity contribution is 5.95. The molecule has 1 aliphatic rings. The lowest BCUT2D eigenvalue weighted by Crippen LogP contribution is -2.36. The van der Waals surface area contributed by atoms with E-state index in [1.165, 1.54) is 16.5 Å². The van der Waals surface area contributed by atoms with E-state index in [1.807, 2.05) is 6.07 Å². The SMILES string of the molecule is Cc1cc(F)c(C(N)=O)cc1-c1cc(N2CCOCC2)c2nc(C)c(F)n2c1. The number of halogens is 2. The average molecular weight is 386 g/mol. The Labute approximate surface area is 160 Å². The predicted molar refractivity (Wildman–Crippen MR) is 102 cm³/mol. The Bertz CT molecular complexity index is 1090. The molecule has 0 spiro atoms. The average Bonchev–Trinajstić information content (AvgIpc) is 2.96. The minimum atomic E-state index is -0.849. The van der Waals surface area contributed by atoms with Crippen molar-refractivity contribution in [2.75, 3.05) is 31.2 Å². The second-order valence-corrected chi connectivity index (χ2v) is 6.91. The van der Waals surface area contributed by atoms with Crippen molar-refractivity contribution in [3.63, 3.8) is 0 Å². The first-order chi connectivity index (χ1) is 13.4. The standard InChI is InChI=1S/C20H20F2N4O2/c1-11-7-16(21)15(19(23)27)9-14(11)13-8-17(25-3-5-28-6-4-25)20-24-12(2)18(22)26(20)10-13/h7-10H,3-6H2,1-2H3,(H2,23,27). The van der Waals surface area contributed by atoms with Crippen LogP contribution in [-0.2, 0) is 4.74 Å². The number of rotatable bonds is 3. The number of carbonyl (C=O) groups excluding carboxylic acids is 1. The molecule has 6 nitrogen and oxygen atoms in total. The topological polar surface area (TPSA) is 72.9 Å². The number of carbonyl (C=O) groups is 1. The Morgan fingerprint density at radius 1 is 1.18 bits per heavy atom. The Hall–Kier alpha value is -3.00. The van der Waals surface area contributed by atoms with Crippen molar-refractivity contribution in [2.24, 2.45) is 5.73 Å². The molecular weight excluding hydrogens is 366 g/mol. The van der Waals surface area contributed by atoms with Crippen LogP contribution in [0.25, 0.3) is 16.8 Å². The lowest BCUT2D eigenvalue weighted by atomic mass is 9.98. The zero-order chi connectivity index (χ0) is 20.0. The summed E-state index contributed by atoms with van der Waals surface area (Å²) in [4.78, 5) is 18.0. The van der Waals surface area contributed by atoms with Gasteiger partial charge in [0.1, 0.15) is 5.82 Å². The van der Waals surface area contributed by atoms with Crippen LogP contribution >= 0.6 is 0 Å². The number of hydrogen-bond donors (Lipinski definition) is 1. The van der Waals surface area contributed by atoms with E-state index in [0.717, 1.165) is 5.69 Å². The zero-order valence-electron chi connectivity index (χ0n) is 15.6. The van der Waals surface area contributed by atoms with E-state index in [2.05, 4.69) is 9.88 Å². The van der Waals surface area contributed by atoms with Crippen molar-refractivity contribution in [1.82, 2.24) is 9.38 Å². The lowest BCUT2D eigenvalue weighted by molar-refractivity contribution is 0.0996. The molecule has 146 valence electrons. The fourth-order valence-electron chi connectivity index (χ4n) is 3.57. The molecule has 3 aromatic rings. The summed E-state index contributed by atoms with van der Waals surface area (Å²) in [5, 5.41) is 0. The van der Waals surface area contributed by atoms with Crippen LogP contribution in [0.4, 0.5) is 14.5 Å². The summed E-state index contributed by atoms with van der Waals surface area (Å²) in [6.07, 6.45) is 1.61. The molecule has 0 aliphatic carbocycles. The summed E-state index contributed by atoms with van der Waals surface area (Å²) < 4.78 is 35.6. The maximum atomic E-state index is 14.7. The highest BCUT2D eigenvalue weighted by atomic mass is 19.1. The van der Waals surface area contributed by atoms with Gasteiger partial charge in [0.05, 0.1) is 30.2 Å². The normalized spacial score (nSPS) is 14.6. The smallest absolute Gasteiger partial charge is 0.251 e. The molecule has 0 atom stereocenters. The summed E-state index contributed by atoms with van der Waals surface area (Å²) in [7, 11) is 0. The summed E-state index contributed by atoms with van der Waals surface area (Å²) in [6, 6.07) is 4.57. The Morgan fingerprint density at radius 3 is 2.57 bits per heavy atom. The van der Waals surface area contributed by atoms with Crippen molar-refractivity contribution in [2.45, 2.75) is 13.8 Å². The van der Waals surface area contributed by atoms with Gasteiger partial charge < -0.3 is 15.4 Å². The van der Waals surface area contributed by atoms with E-state index < -0.39 is 17.7 Å². The van der Waals surface area contributed by atoms with Gasteiger partial charge in [-0.3, -0.25) is 9.20 Å². The molecular formula is C20H20F2N4O2. The third-order valence-electron chi connectivity index (χ3n) is 5.04. The Kier molecular flexibility index (Phi) is 4.50. The molecule has 0 unspecified atom stereocenters. The first-order valence-corrected chi connectivity index (χ1v) is 8.98. The van der Waals surface area contributed by atoms with Crippen molar-refractivity contribution in [3.05, 3.63) is 53.0 Å². The maximum absolute atomic E-state index is 14.7. The molecule has 1 aromatic carbocycles. The van der Waals surface area contributed by atoms with Crippen LogP contribution in [0.2, 0.25) is 0 Å². The summed E-state index contributed by atoms with van der Waals surface area (Å²) >= 11 is 0. The number of pyridine rings is 1. The minimum absolute atomic E-state index is 0.198. The second-order valence-electron chi connectivity index (χ2n) is 6.91. The molecule has 1 saturated heterocycles. The zero-order valence-corrected chi connectivity index (χ0v) is 15.6. The van der Waals surface area contributed by atoms with Gasteiger partial charge in [-0.2, -0.15) is 4.39 Å². The quantitative estimate of drug-likeness (QED) is 0.751. The second kappa shape index (κ2) is 6.87. The number of nitrogens with zero attached hydrogens (tertiary/aromatic N) is 3. The minimum Gasteiger partial charge on any atom is -0.378 e. The largest absolute Gasteiger partial charge is 0.378 e. The fraction of sp³-hybridized carbons (Fsp3) is 0.300. The van der Waals surface area contributed by atoms with Gasteiger partial charge in [-0.15, -0.1) is 0 Å². The Balaban J connectivity index is 1.97. The number of morpholine rings is 1. The summed E-state index contributed by atoms with van der Waals surface area (Å²) in [6.45, 7) is 5.79. The number of anilines is 1. The van der Waals surface area contributed by atoms with Crippen LogP contribution < -0.4 is 10.6 Å². The molecule has 28 heavy (non-hydrogen) atoms. The predicted octanol–water partition coefficient (Wildman–Crippen LogP) is 2.83. The van der Waals surface area contributed by atoms with Gasteiger partial charge in [0.2, 0.25) is 5.95 Å².